The normalized spacial score (nSPS) is 14.2. The molecule has 2 aromatic carbocycles. The predicted octanol–water partition coefficient (Wildman–Crippen LogP) is 6.43. The van der Waals surface area contributed by atoms with Crippen molar-refractivity contribution in [2.75, 3.05) is 5.32 Å². The molecule has 1 saturated carbocycles. The van der Waals surface area contributed by atoms with Gasteiger partial charge in [0.05, 0.1) is 21.8 Å². The van der Waals surface area contributed by atoms with Gasteiger partial charge in [-0.05, 0) is 43.9 Å². The van der Waals surface area contributed by atoms with Gasteiger partial charge in [-0.1, -0.05) is 41.4 Å². The van der Waals surface area contributed by atoms with E-state index in [4.69, 9.17) is 32.4 Å². The zero-order chi connectivity index (χ0) is 22.2. The Morgan fingerprint density at radius 1 is 1.03 bits per heavy atom. The van der Waals surface area contributed by atoms with Gasteiger partial charge in [-0.25, -0.2) is 0 Å². The van der Waals surface area contributed by atoms with Gasteiger partial charge in [0, 0.05) is 28.7 Å². The van der Waals surface area contributed by atoms with E-state index in [1.807, 2.05) is 24.3 Å². The summed E-state index contributed by atoms with van der Waals surface area (Å²) in [5, 5.41) is 4.05. The number of pyridine rings is 1. The van der Waals surface area contributed by atoms with E-state index in [0.29, 0.717) is 22.3 Å². The highest BCUT2D eigenvalue weighted by molar-refractivity contribution is 6.50. The first-order chi connectivity index (χ1) is 15.5. The van der Waals surface area contributed by atoms with Crippen molar-refractivity contribution in [1.29, 1.82) is 0 Å². The van der Waals surface area contributed by atoms with Crippen molar-refractivity contribution >= 4 is 62.5 Å². The van der Waals surface area contributed by atoms with E-state index in [2.05, 4.69) is 10.3 Å². The molecular weight excluding hydrogens is 451 g/mol. The van der Waals surface area contributed by atoms with Crippen LogP contribution in [-0.2, 0) is 4.79 Å². The SMILES string of the molecule is O=C(Nc1c(Cl)cncc1Cl)C(=O)c1ccc(OC2CCCC2)c2oc3ccccc3c12. The van der Waals surface area contributed by atoms with Crippen LogP contribution in [0.4, 0.5) is 5.69 Å². The van der Waals surface area contributed by atoms with Crippen LogP contribution in [0.3, 0.4) is 0 Å². The molecule has 1 amide bonds. The van der Waals surface area contributed by atoms with Gasteiger partial charge in [0.15, 0.2) is 11.3 Å². The van der Waals surface area contributed by atoms with Crippen molar-refractivity contribution in [3.05, 3.63) is 64.4 Å². The quantitative estimate of drug-likeness (QED) is 0.269. The van der Waals surface area contributed by atoms with Gasteiger partial charge in [0.1, 0.15) is 5.58 Å². The Bertz CT molecular complexity index is 1340. The third-order valence-corrected chi connectivity index (χ3v) is 6.20. The highest BCUT2D eigenvalue weighted by atomic mass is 35.5. The van der Waals surface area contributed by atoms with Crippen LogP contribution >= 0.6 is 23.2 Å². The van der Waals surface area contributed by atoms with Crippen LogP contribution in [-0.4, -0.2) is 22.8 Å². The Kier molecular flexibility index (Phi) is 5.49. The van der Waals surface area contributed by atoms with Crippen LogP contribution < -0.4 is 10.1 Å². The van der Waals surface area contributed by atoms with Gasteiger partial charge in [0.25, 0.3) is 11.7 Å². The first kappa shape index (κ1) is 20.8. The summed E-state index contributed by atoms with van der Waals surface area (Å²) in [7, 11) is 0. The van der Waals surface area contributed by atoms with Gasteiger partial charge in [0.2, 0.25) is 0 Å². The minimum absolute atomic E-state index is 0.118. The number of carbonyl (C=O) groups is 2. The Morgan fingerprint density at radius 3 is 2.50 bits per heavy atom. The molecule has 8 heteroatoms. The first-order valence-electron chi connectivity index (χ1n) is 10.3. The number of para-hydroxylation sites is 1. The average Bonchev–Trinajstić information content (AvgIpc) is 3.44. The van der Waals surface area contributed by atoms with Gasteiger partial charge < -0.3 is 14.5 Å². The number of ether oxygens (including phenoxy) is 1. The summed E-state index contributed by atoms with van der Waals surface area (Å²) in [6, 6.07) is 10.7. The number of amides is 1. The number of rotatable bonds is 5. The molecule has 0 spiro atoms. The van der Waals surface area contributed by atoms with Crippen molar-refractivity contribution in [2.24, 2.45) is 0 Å². The number of fused-ring (bicyclic) bond motifs is 3. The summed E-state index contributed by atoms with van der Waals surface area (Å²) in [5.41, 5.74) is 1.41. The zero-order valence-corrected chi connectivity index (χ0v) is 18.4. The fraction of sp³-hybridized carbons (Fsp3) is 0.208. The van der Waals surface area contributed by atoms with E-state index in [0.717, 1.165) is 31.1 Å². The van der Waals surface area contributed by atoms with E-state index in [9.17, 15) is 9.59 Å². The lowest BCUT2D eigenvalue weighted by Gasteiger charge is -2.14. The second-order valence-electron chi connectivity index (χ2n) is 7.70. The number of carbonyl (C=O) groups excluding carboxylic acids is 2. The molecule has 0 unspecified atom stereocenters. The standard InChI is InChI=1S/C24H18Cl2N2O4/c25-16-11-27-12-17(26)21(16)28-24(30)22(29)15-9-10-19(31-13-5-1-2-6-13)23-20(15)14-7-3-4-8-18(14)32-23/h3-4,7-13H,1-2,5-6H2,(H,27,28,30). The molecule has 4 aromatic rings. The predicted molar refractivity (Wildman–Crippen MR) is 124 cm³/mol. The topological polar surface area (TPSA) is 81.4 Å². The van der Waals surface area contributed by atoms with Gasteiger partial charge in [-0.15, -0.1) is 0 Å². The van der Waals surface area contributed by atoms with Crippen LogP contribution in [0.25, 0.3) is 21.9 Å². The van der Waals surface area contributed by atoms with Crippen LogP contribution in [0.1, 0.15) is 36.0 Å². The second-order valence-corrected chi connectivity index (χ2v) is 8.51. The maximum atomic E-state index is 13.2. The number of nitrogens with zero attached hydrogens (tertiary/aromatic N) is 1. The van der Waals surface area contributed by atoms with Crippen LogP contribution in [0.5, 0.6) is 5.75 Å². The molecule has 1 aliphatic rings. The Morgan fingerprint density at radius 2 is 1.75 bits per heavy atom. The molecule has 2 aromatic heterocycles. The van der Waals surface area contributed by atoms with Crippen molar-refractivity contribution in [2.45, 2.75) is 31.8 Å². The highest BCUT2D eigenvalue weighted by Crippen LogP contribution is 2.39. The summed E-state index contributed by atoms with van der Waals surface area (Å²) in [5.74, 6) is -1.03. The first-order valence-corrected chi connectivity index (χ1v) is 11.0. The number of furan rings is 1. The largest absolute Gasteiger partial charge is 0.486 e. The number of hydrogen-bond donors (Lipinski definition) is 1. The molecular formula is C24H18Cl2N2O4. The average molecular weight is 469 g/mol. The zero-order valence-electron chi connectivity index (χ0n) is 16.9. The molecule has 0 radical (unpaired) electrons. The smallest absolute Gasteiger partial charge is 0.296 e. The molecule has 1 N–H and O–H groups in total. The Labute approximate surface area is 193 Å². The number of ketones is 1. The lowest BCUT2D eigenvalue weighted by Crippen LogP contribution is -2.23. The van der Waals surface area contributed by atoms with E-state index in [1.54, 1.807) is 12.1 Å². The molecule has 0 atom stereocenters. The molecule has 6 nitrogen and oxygen atoms in total. The Balaban J connectivity index is 1.57. The van der Waals surface area contributed by atoms with Crippen LogP contribution in [0, 0.1) is 0 Å². The monoisotopic (exact) mass is 468 g/mol. The number of benzene rings is 2. The van der Waals surface area contributed by atoms with Crippen LogP contribution in [0.2, 0.25) is 10.0 Å². The number of halogens is 2. The lowest BCUT2D eigenvalue weighted by atomic mass is 10.0. The minimum Gasteiger partial charge on any atom is -0.486 e. The molecule has 32 heavy (non-hydrogen) atoms. The molecule has 0 aliphatic heterocycles. The van der Waals surface area contributed by atoms with Crippen molar-refractivity contribution in [3.63, 3.8) is 0 Å². The summed E-state index contributed by atoms with van der Waals surface area (Å²) in [6.45, 7) is 0. The van der Waals surface area contributed by atoms with E-state index in [1.165, 1.54) is 12.4 Å². The molecule has 0 bridgehead atoms. The molecule has 162 valence electrons. The third kappa shape index (κ3) is 3.70. The fourth-order valence-corrected chi connectivity index (χ4v) is 4.55. The maximum Gasteiger partial charge on any atom is 0.296 e. The molecule has 1 aliphatic carbocycles. The molecule has 5 rings (SSSR count). The van der Waals surface area contributed by atoms with Crippen molar-refractivity contribution < 1.29 is 18.7 Å². The number of hydrogen-bond acceptors (Lipinski definition) is 5. The van der Waals surface area contributed by atoms with Crippen molar-refractivity contribution in [1.82, 2.24) is 4.98 Å². The molecule has 0 saturated heterocycles. The number of aromatic nitrogens is 1. The van der Waals surface area contributed by atoms with E-state index in [-0.39, 0.29) is 27.4 Å². The number of Topliss-reactive ketones (excluding diaryl/α,β-unsaturated/α-hetero) is 1. The third-order valence-electron chi connectivity index (χ3n) is 5.63. The summed E-state index contributed by atoms with van der Waals surface area (Å²) < 4.78 is 12.3. The van der Waals surface area contributed by atoms with Gasteiger partial charge >= 0.3 is 0 Å². The minimum atomic E-state index is -0.865. The Hall–Kier alpha value is -3.09. The van der Waals surface area contributed by atoms with Crippen LogP contribution in [0.15, 0.2) is 53.2 Å². The maximum absolute atomic E-state index is 13.2. The molecule has 2 heterocycles. The second kappa shape index (κ2) is 8.45. The van der Waals surface area contributed by atoms with Gasteiger partial charge in [-0.3, -0.25) is 14.6 Å². The fourth-order valence-electron chi connectivity index (χ4n) is 4.10. The van der Waals surface area contributed by atoms with Crippen molar-refractivity contribution in [3.8, 4) is 5.75 Å². The summed E-state index contributed by atoms with van der Waals surface area (Å²) in [6.07, 6.45) is 7.02. The van der Waals surface area contributed by atoms with E-state index >= 15 is 0 Å². The highest BCUT2D eigenvalue weighted by Gasteiger charge is 2.26. The summed E-state index contributed by atoms with van der Waals surface area (Å²) >= 11 is 12.2. The van der Waals surface area contributed by atoms with Gasteiger partial charge in [-0.2, -0.15) is 0 Å². The van der Waals surface area contributed by atoms with E-state index < -0.39 is 11.7 Å². The summed E-state index contributed by atoms with van der Waals surface area (Å²) in [4.78, 5) is 29.9. The lowest BCUT2D eigenvalue weighted by molar-refractivity contribution is -0.112. The molecule has 1 fully saturated rings. The number of anilines is 1. The number of nitrogens with one attached hydrogen (secondary N) is 1.